The Kier molecular flexibility index (Phi) is 5.75. The smallest absolute Gasteiger partial charge is 0.214 e. The van der Waals surface area contributed by atoms with Gasteiger partial charge in [-0.3, -0.25) is 4.90 Å². The molecule has 1 N–H and O–H groups in total. The highest BCUT2D eigenvalue weighted by molar-refractivity contribution is 7.90. The molecule has 31 heavy (non-hydrogen) atoms. The van der Waals surface area contributed by atoms with Gasteiger partial charge in [-0.25, -0.2) is 18.1 Å². The number of ether oxygens (including phenoxy) is 2. The van der Waals surface area contributed by atoms with Crippen molar-refractivity contribution >= 4 is 15.8 Å². The van der Waals surface area contributed by atoms with Gasteiger partial charge in [0, 0.05) is 71.5 Å². The van der Waals surface area contributed by atoms with Crippen LogP contribution in [0.5, 0.6) is 0 Å². The molecule has 1 spiro atoms. The summed E-state index contributed by atoms with van der Waals surface area (Å²) in [7, 11) is 0.683. The zero-order chi connectivity index (χ0) is 21.6. The molecule has 0 radical (unpaired) electrons. The molecule has 4 aliphatic heterocycles. The number of likely N-dealkylation sites (tertiary alicyclic amines) is 1. The Morgan fingerprint density at radius 1 is 1.26 bits per heavy atom. The fourth-order valence-corrected chi connectivity index (χ4v) is 7.50. The van der Waals surface area contributed by atoms with Crippen LogP contribution in [0, 0.1) is 11.8 Å². The lowest BCUT2D eigenvalue weighted by atomic mass is 9.74. The summed E-state index contributed by atoms with van der Waals surface area (Å²) >= 11 is 0. The van der Waals surface area contributed by atoms with Crippen LogP contribution in [0.2, 0.25) is 0 Å². The second kappa shape index (κ2) is 8.26. The highest BCUT2D eigenvalue weighted by Crippen LogP contribution is 2.54. The van der Waals surface area contributed by atoms with Crippen LogP contribution in [-0.2, 0) is 26.0 Å². The lowest BCUT2D eigenvalue weighted by Crippen LogP contribution is -2.45. The summed E-state index contributed by atoms with van der Waals surface area (Å²) < 4.78 is 40.4. The van der Waals surface area contributed by atoms with Gasteiger partial charge in [0.1, 0.15) is 5.82 Å². The van der Waals surface area contributed by atoms with Crippen molar-refractivity contribution in [1.82, 2.24) is 14.6 Å². The zero-order valence-corrected chi connectivity index (χ0v) is 19.3. The summed E-state index contributed by atoms with van der Waals surface area (Å²) in [6.45, 7) is 4.29. The maximum atomic E-state index is 12.8. The molecule has 4 atom stereocenters. The number of anilines is 1. The molecule has 0 amide bonds. The Morgan fingerprint density at radius 2 is 2.06 bits per heavy atom. The number of hydrogen-bond donors (Lipinski definition) is 1. The second-order valence-electron chi connectivity index (χ2n) is 9.82. The predicted molar refractivity (Wildman–Crippen MR) is 118 cm³/mol. The Balaban J connectivity index is 1.22. The third kappa shape index (κ3) is 4.11. The van der Waals surface area contributed by atoms with E-state index in [1.165, 1.54) is 5.56 Å². The van der Waals surface area contributed by atoms with Crippen molar-refractivity contribution < 1.29 is 17.9 Å². The number of fused-ring (bicyclic) bond motifs is 1. The monoisotopic (exact) mass is 450 g/mol. The van der Waals surface area contributed by atoms with Crippen LogP contribution in [0.3, 0.4) is 0 Å². The van der Waals surface area contributed by atoms with E-state index in [0.717, 1.165) is 38.3 Å². The van der Waals surface area contributed by atoms with E-state index in [9.17, 15) is 8.42 Å². The van der Waals surface area contributed by atoms with E-state index >= 15 is 0 Å². The summed E-state index contributed by atoms with van der Waals surface area (Å²) in [4.78, 5) is 8.99. The number of aromatic nitrogens is 1. The summed E-state index contributed by atoms with van der Waals surface area (Å²) in [5, 5.41) is -0.326. The van der Waals surface area contributed by atoms with Gasteiger partial charge in [0.2, 0.25) is 10.0 Å². The van der Waals surface area contributed by atoms with Crippen molar-refractivity contribution in [3.8, 4) is 0 Å². The van der Waals surface area contributed by atoms with Gasteiger partial charge in [0.05, 0.1) is 17.0 Å². The second-order valence-corrected chi connectivity index (χ2v) is 11.9. The normalized spacial score (nSPS) is 33.7. The van der Waals surface area contributed by atoms with Crippen LogP contribution < -0.4 is 9.62 Å². The molecule has 2 bridgehead atoms. The molecule has 0 unspecified atom stereocenters. The first kappa shape index (κ1) is 21.6. The third-order valence-electron chi connectivity index (χ3n) is 7.66. The molecule has 9 heteroatoms. The standard InChI is InChI=1S/C22H34N4O4S/c1-25(2)21-4-3-16(11-23-21)13-26-14-19-18(20-5-8-22(19,15-26)30-20)12-24-31(27,28)17-6-9-29-10-7-17/h3-4,11,17-20,24H,5-10,12-15H2,1-2H3/t18-,19+,20+,22+/m0/s1. The fourth-order valence-electron chi connectivity index (χ4n) is 6.03. The van der Waals surface area contributed by atoms with E-state index in [1.807, 2.05) is 25.2 Å². The Bertz CT molecular complexity index is 887. The summed E-state index contributed by atoms with van der Waals surface area (Å²) in [5.74, 6) is 1.60. The molecule has 1 aromatic rings. The molecule has 172 valence electrons. The molecule has 5 rings (SSSR count). The van der Waals surface area contributed by atoms with Gasteiger partial charge >= 0.3 is 0 Å². The van der Waals surface area contributed by atoms with Gasteiger partial charge in [0.15, 0.2) is 0 Å². The molecule has 4 fully saturated rings. The molecule has 4 saturated heterocycles. The number of sulfonamides is 1. The number of pyridine rings is 1. The minimum atomic E-state index is -3.30. The molecule has 0 aromatic carbocycles. The Labute approximate surface area is 185 Å². The van der Waals surface area contributed by atoms with Crippen molar-refractivity contribution in [1.29, 1.82) is 0 Å². The first-order chi connectivity index (χ1) is 14.9. The Hall–Kier alpha value is -1.26. The lowest BCUT2D eigenvalue weighted by molar-refractivity contribution is 0.00218. The molecule has 0 saturated carbocycles. The number of hydrogen-bond acceptors (Lipinski definition) is 7. The van der Waals surface area contributed by atoms with Crippen molar-refractivity contribution in [2.24, 2.45) is 11.8 Å². The molecular weight excluding hydrogens is 416 g/mol. The largest absolute Gasteiger partial charge is 0.381 e. The van der Waals surface area contributed by atoms with E-state index in [4.69, 9.17) is 9.47 Å². The summed E-state index contributed by atoms with van der Waals surface area (Å²) in [5.41, 5.74) is 1.10. The topological polar surface area (TPSA) is 84.0 Å². The molecule has 0 aliphatic carbocycles. The number of nitrogens with one attached hydrogen (secondary N) is 1. The number of rotatable bonds is 7. The lowest BCUT2D eigenvalue weighted by Gasteiger charge is -2.30. The maximum Gasteiger partial charge on any atom is 0.214 e. The van der Waals surface area contributed by atoms with E-state index in [2.05, 4.69) is 26.7 Å². The minimum absolute atomic E-state index is 0.101. The van der Waals surface area contributed by atoms with Gasteiger partial charge in [-0.05, 0) is 37.3 Å². The van der Waals surface area contributed by atoms with E-state index in [1.54, 1.807) is 0 Å². The average Bonchev–Trinajstić information content (AvgIpc) is 3.41. The highest BCUT2D eigenvalue weighted by atomic mass is 32.2. The van der Waals surface area contributed by atoms with Gasteiger partial charge < -0.3 is 14.4 Å². The fraction of sp³-hybridized carbons (Fsp3) is 0.773. The molecular formula is C22H34N4O4S. The van der Waals surface area contributed by atoms with Crippen LogP contribution in [0.25, 0.3) is 0 Å². The average molecular weight is 451 g/mol. The van der Waals surface area contributed by atoms with Gasteiger partial charge in [0.25, 0.3) is 0 Å². The van der Waals surface area contributed by atoms with E-state index in [0.29, 0.717) is 38.5 Å². The van der Waals surface area contributed by atoms with Crippen molar-refractivity contribution in [2.75, 3.05) is 51.8 Å². The maximum absolute atomic E-state index is 12.8. The molecule has 5 heterocycles. The first-order valence-electron chi connectivity index (χ1n) is 11.4. The number of nitrogens with zero attached hydrogens (tertiary/aromatic N) is 3. The zero-order valence-electron chi connectivity index (χ0n) is 18.5. The SMILES string of the molecule is CN(C)c1ccc(CN2C[C@@H]3[C@H](CNS(=O)(=O)C4CCOCC4)[C@H]4CC[C@]3(C2)O4)cn1. The molecule has 4 aliphatic rings. The molecule has 1 aromatic heterocycles. The Morgan fingerprint density at radius 3 is 2.77 bits per heavy atom. The summed E-state index contributed by atoms with van der Waals surface area (Å²) in [6.07, 6.45) is 5.43. The van der Waals surface area contributed by atoms with Crippen molar-refractivity contribution in [2.45, 2.75) is 49.2 Å². The van der Waals surface area contributed by atoms with E-state index in [-0.39, 0.29) is 22.9 Å². The van der Waals surface area contributed by atoms with Gasteiger partial charge in [-0.2, -0.15) is 0 Å². The van der Waals surface area contributed by atoms with E-state index < -0.39 is 10.0 Å². The predicted octanol–water partition coefficient (Wildman–Crippen LogP) is 1.23. The summed E-state index contributed by atoms with van der Waals surface area (Å²) in [6, 6.07) is 4.20. The van der Waals surface area contributed by atoms with Crippen LogP contribution in [0.15, 0.2) is 18.3 Å². The van der Waals surface area contributed by atoms with Crippen LogP contribution in [0.1, 0.15) is 31.2 Å². The first-order valence-corrected chi connectivity index (χ1v) is 13.0. The quantitative estimate of drug-likeness (QED) is 0.669. The van der Waals surface area contributed by atoms with Gasteiger partial charge in [-0.1, -0.05) is 6.07 Å². The van der Waals surface area contributed by atoms with Gasteiger partial charge in [-0.15, -0.1) is 0 Å². The van der Waals surface area contributed by atoms with Crippen LogP contribution in [-0.4, -0.2) is 82.2 Å². The van der Waals surface area contributed by atoms with Crippen LogP contribution >= 0.6 is 0 Å². The van der Waals surface area contributed by atoms with Crippen molar-refractivity contribution in [3.63, 3.8) is 0 Å². The minimum Gasteiger partial charge on any atom is -0.381 e. The highest BCUT2D eigenvalue weighted by Gasteiger charge is 2.62. The third-order valence-corrected chi connectivity index (χ3v) is 9.57. The van der Waals surface area contributed by atoms with Crippen LogP contribution in [0.4, 0.5) is 5.82 Å². The van der Waals surface area contributed by atoms with Crippen molar-refractivity contribution in [3.05, 3.63) is 23.9 Å². The molecule has 8 nitrogen and oxygen atoms in total.